The Bertz CT molecular complexity index is 495. The molecule has 0 bridgehead atoms. The monoisotopic (exact) mass is 264 g/mol. The highest BCUT2D eigenvalue weighted by atomic mass is 16.4. The molecule has 2 rings (SSSR count). The van der Waals surface area contributed by atoms with Crippen molar-refractivity contribution in [3.63, 3.8) is 0 Å². The van der Waals surface area contributed by atoms with Crippen molar-refractivity contribution in [2.24, 2.45) is 0 Å². The van der Waals surface area contributed by atoms with Crippen LogP contribution in [0.3, 0.4) is 0 Å². The third kappa shape index (κ3) is 3.01. The zero-order chi connectivity index (χ0) is 13.9. The number of hydrogen-bond acceptors (Lipinski definition) is 4. The van der Waals surface area contributed by atoms with E-state index in [1.807, 2.05) is 0 Å². The molecule has 0 unspecified atom stereocenters. The van der Waals surface area contributed by atoms with E-state index in [1.54, 1.807) is 0 Å². The summed E-state index contributed by atoms with van der Waals surface area (Å²) in [5, 5.41) is 21.3. The molecular formula is C13H16N2O4. The molecule has 1 aliphatic rings. The lowest BCUT2D eigenvalue weighted by atomic mass is 9.93. The summed E-state index contributed by atoms with van der Waals surface area (Å²) in [6.07, 6.45) is 4.36. The molecule has 1 fully saturated rings. The third-order valence-corrected chi connectivity index (χ3v) is 3.43. The summed E-state index contributed by atoms with van der Waals surface area (Å²) >= 11 is 0. The van der Waals surface area contributed by atoms with E-state index >= 15 is 0 Å². The molecule has 1 amide bonds. The second kappa shape index (κ2) is 5.26. The first-order valence-corrected chi connectivity index (χ1v) is 6.21. The Hall–Kier alpha value is -2.11. The normalized spacial score (nSPS) is 17.1. The van der Waals surface area contributed by atoms with Crippen molar-refractivity contribution in [1.82, 2.24) is 10.3 Å². The highest BCUT2D eigenvalue weighted by Crippen LogP contribution is 2.33. The largest absolute Gasteiger partial charge is 0.505 e. The number of carbonyl (C=O) groups is 2. The van der Waals surface area contributed by atoms with Crippen LogP contribution in [0.5, 0.6) is 5.75 Å². The molecule has 0 atom stereocenters. The fourth-order valence-electron chi connectivity index (χ4n) is 2.56. The van der Waals surface area contributed by atoms with Gasteiger partial charge in [-0.3, -0.25) is 9.59 Å². The molecule has 6 nitrogen and oxygen atoms in total. The summed E-state index contributed by atoms with van der Waals surface area (Å²) in [4.78, 5) is 26.8. The van der Waals surface area contributed by atoms with Gasteiger partial charge in [-0.2, -0.15) is 0 Å². The van der Waals surface area contributed by atoms with Crippen molar-refractivity contribution < 1.29 is 19.8 Å². The van der Waals surface area contributed by atoms with Crippen molar-refractivity contribution in [2.75, 3.05) is 0 Å². The predicted molar refractivity (Wildman–Crippen MR) is 66.8 cm³/mol. The Morgan fingerprint density at radius 3 is 2.63 bits per heavy atom. The smallest absolute Gasteiger partial charge is 0.305 e. The summed E-state index contributed by atoms with van der Waals surface area (Å²) < 4.78 is 0. The number of nitrogens with zero attached hydrogens (tertiary/aromatic N) is 1. The maximum atomic E-state index is 12.1. The molecule has 0 aliphatic heterocycles. The summed E-state index contributed by atoms with van der Waals surface area (Å²) in [6, 6.07) is 2.90. The van der Waals surface area contributed by atoms with E-state index in [0.717, 1.165) is 12.8 Å². The van der Waals surface area contributed by atoms with Gasteiger partial charge in [-0.1, -0.05) is 12.8 Å². The van der Waals surface area contributed by atoms with E-state index in [-0.39, 0.29) is 17.9 Å². The van der Waals surface area contributed by atoms with E-state index in [4.69, 9.17) is 5.11 Å². The maximum absolute atomic E-state index is 12.1. The van der Waals surface area contributed by atoms with Crippen LogP contribution in [0.25, 0.3) is 0 Å². The molecule has 102 valence electrons. The van der Waals surface area contributed by atoms with Gasteiger partial charge in [0.05, 0.1) is 12.0 Å². The zero-order valence-corrected chi connectivity index (χ0v) is 10.4. The van der Waals surface area contributed by atoms with Gasteiger partial charge in [-0.25, -0.2) is 4.98 Å². The number of carboxylic acid groups (broad SMARTS) is 1. The molecule has 19 heavy (non-hydrogen) atoms. The van der Waals surface area contributed by atoms with Gasteiger partial charge in [0.25, 0.3) is 5.91 Å². The van der Waals surface area contributed by atoms with Gasteiger partial charge in [0.1, 0.15) is 5.75 Å². The predicted octanol–water partition coefficient (Wildman–Crippen LogP) is 1.30. The quantitative estimate of drug-likeness (QED) is 0.761. The van der Waals surface area contributed by atoms with E-state index in [9.17, 15) is 14.7 Å². The molecule has 1 aromatic rings. The molecule has 0 saturated heterocycles. The lowest BCUT2D eigenvalue weighted by Crippen LogP contribution is -2.48. The number of hydrogen-bond donors (Lipinski definition) is 3. The number of aliphatic carboxylic acids is 1. The molecule has 1 saturated carbocycles. The average Bonchev–Trinajstić information content (AvgIpc) is 2.76. The molecule has 0 aromatic carbocycles. The Balaban J connectivity index is 2.16. The molecule has 1 heterocycles. The van der Waals surface area contributed by atoms with Crippen LogP contribution in [-0.4, -0.2) is 32.6 Å². The van der Waals surface area contributed by atoms with Crippen molar-refractivity contribution >= 4 is 11.9 Å². The second-order valence-electron chi connectivity index (χ2n) is 4.88. The summed E-state index contributed by atoms with van der Waals surface area (Å²) in [6.45, 7) is 0. The van der Waals surface area contributed by atoms with Crippen molar-refractivity contribution in [3.05, 3.63) is 24.0 Å². The number of aromatic hydroxyl groups is 1. The first-order chi connectivity index (χ1) is 9.02. The van der Waals surface area contributed by atoms with Crippen LogP contribution in [-0.2, 0) is 4.79 Å². The van der Waals surface area contributed by atoms with Gasteiger partial charge in [-0.15, -0.1) is 0 Å². The maximum Gasteiger partial charge on any atom is 0.305 e. The minimum Gasteiger partial charge on any atom is -0.505 e. The minimum atomic E-state index is -0.938. The van der Waals surface area contributed by atoms with Crippen molar-refractivity contribution in [2.45, 2.75) is 37.6 Å². The van der Waals surface area contributed by atoms with Gasteiger partial charge in [0.15, 0.2) is 5.69 Å². The molecule has 1 aromatic heterocycles. The Labute approximate surface area is 110 Å². The van der Waals surface area contributed by atoms with Crippen LogP contribution in [0, 0.1) is 0 Å². The molecule has 1 aliphatic carbocycles. The Morgan fingerprint density at radius 1 is 1.37 bits per heavy atom. The van der Waals surface area contributed by atoms with Crippen LogP contribution in [0.1, 0.15) is 42.6 Å². The summed E-state index contributed by atoms with van der Waals surface area (Å²) in [5.74, 6) is -1.67. The standard InChI is InChI=1S/C13H16N2O4/c16-9-4-3-7-14-11(9)12(19)15-13(8-10(17)18)5-1-2-6-13/h3-4,7,16H,1-2,5-6,8H2,(H,15,19)(H,17,18). The van der Waals surface area contributed by atoms with Crippen molar-refractivity contribution in [1.29, 1.82) is 0 Å². The number of carbonyl (C=O) groups excluding carboxylic acids is 1. The summed E-state index contributed by atoms with van der Waals surface area (Å²) in [7, 11) is 0. The van der Waals surface area contributed by atoms with Crippen LogP contribution in [0.15, 0.2) is 18.3 Å². The number of rotatable bonds is 4. The van der Waals surface area contributed by atoms with Crippen LogP contribution < -0.4 is 5.32 Å². The van der Waals surface area contributed by atoms with E-state index in [1.165, 1.54) is 18.3 Å². The summed E-state index contributed by atoms with van der Waals surface area (Å²) in [5.41, 5.74) is -0.786. The second-order valence-corrected chi connectivity index (χ2v) is 4.88. The Morgan fingerprint density at radius 2 is 2.05 bits per heavy atom. The zero-order valence-electron chi connectivity index (χ0n) is 10.4. The molecule has 6 heteroatoms. The molecule has 3 N–H and O–H groups in total. The van der Waals surface area contributed by atoms with Crippen LogP contribution >= 0.6 is 0 Å². The number of nitrogens with one attached hydrogen (secondary N) is 1. The van der Waals surface area contributed by atoms with Gasteiger partial charge in [0.2, 0.25) is 0 Å². The lowest BCUT2D eigenvalue weighted by Gasteiger charge is -2.28. The molecular weight excluding hydrogens is 248 g/mol. The fraction of sp³-hybridized carbons (Fsp3) is 0.462. The first kappa shape index (κ1) is 13.3. The molecule has 0 spiro atoms. The number of carboxylic acids is 1. The average molecular weight is 264 g/mol. The van der Waals surface area contributed by atoms with E-state index in [0.29, 0.717) is 12.8 Å². The number of pyridine rings is 1. The van der Waals surface area contributed by atoms with Crippen LogP contribution in [0.4, 0.5) is 0 Å². The third-order valence-electron chi connectivity index (χ3n) is 3.43. The van der Waals surface area contributed by atoms with E-state index in [2.05, 4.69) is 10.3 Å². The number of aromatic nitrogens is 1. The van der Waals surface area contributed by atoms with Crippen molar-refractivity contribution in [3.8, 4) is 5.75 Å². The van der Waals surface area contributed by atoms with Gasteiger partial charge in [-0.05, 0) is 25.0 Å². The first-order valence-electron chi connectivity index (χ1n) is 6.21. The minimum absolute atomic E-state index is 0.0702. The van der Waals surface area contributed by atoms with Gasteiger partial charge >= 0.3 is 5.97 Å². The lowest BCUT2D eigenvalue weighted by molar-refractivity contribution is -0.138. The van der Waals surface area contributed by atoms with Gasteiger partial charge < -0.3 is 15.5 Å². The highest BCUT2D eigenvalue weighted by Gasteiger charge is 2.38. The molecule has 0 radical (unpaired) electrons. The SMILES string of the molecule is O=C(O)CC1(NC(=O)c2ncccc2O)CCCC1. The van der Waals surface area contributed by atoms with Gasteiger partial charge in [0, 0.05) is 6.20 Å². The Kier molecular flexibility index (Phi) is 3.69. The number of amides is 1. The van der Waals surface area contributed by atoms with Crippen LogP contribution in [0.2, 0.25) is 0 Å². The fourth-order valence-corrected chi connectivity index (χ4v) is 2.56. The topological polar surface area (TPSA) is 99.5 Å². The van der Waals surface area contributed by atoms with E-state index < -0.39 is 17.4 Å². The highest BCUT2D eigenvalue weighted by molar-refractivity contribution is 5.95.